The summed E-state index contributed by atoms with van der Waals surface area (Å²) in [7, 11) is 0. The smallest absolute Gasteiger partial charge is 0.115 e. The van der Waals surface area contributed by atoms with Gasteiger partial charge in [0.05, 0.1) is 22.8 Å². The molecule has 0 unspecified atom stereocenters. The standard InChI is InChI=1S/C26H18N4O/c31-24-9-1-16(2-10-24)25-14-23-13-21-6-5-19(28-21)11-17-3-4-18(27-17)12-20-7-8-22(29-20)15-26(25)30-23/h1-15,28-29,31H. The maximum Gasteiger partial charge on any atom is 0.115 e. The molecule has 0 amide bonds. The molecular formula is C26H18N4O. The Labute approximate surface area is 178 Å². The molecule has 2 aliphatic heterocycles. The molecule has 5 nitrogen and oxygen atoms in total. The first-order valence-corrected chi connectivity index (χ1v) is 10.1. The van der Waals surface area contributed by atoms with Gasteiger partial charge in [0.1, 0.15) is 5.75 Å². The highest BCUT2D eigenvalue weighted by Crippen LogP contribution is 2.30. The Morgan fingerprint density at radius 1 is 0.581 bits per heavy atom. The number of phenolic OH excluding ortho intramolecular Hbond substituents is 1. The first-order chi connectivity index (χ1) is 15.2. The van der Waals surface area contributed by atoms with Gasteiger partial charge in [-0.3, -0.25) is 0 Å². The van der Waals surface area contributed by atoms with Crippen LogP contribution in [0, 0.1) is 0 Å². The van der Waals surface area contributed by atoms with E-state index in [1.807, 2.05) is 72.8 Å². The molecule has 31 heavy (non-hydrogen) atoms. The van der Waals surface area contributed by atoms with Crippen molar-refractivity contribution < 1.29 is 5.11 Å². The Morgan fingerprint density at radius 3 is 1.74 bits per heavy atom. The zero-order valence-electron chi connectivity index (χ0n) is 16.5. The van der Waals surface area contributed by atoms with E-state index in [0.717, 1.165) is 56.0 Å². The number of aromatic hydroxyl groups is 1. The Bertz CT molecular complexity index is 1540. The number of H-pyrrole nitrogens is 2. The summed E-state index contributed by atoms with van der Waals surface area (Å²) in [4.78, 5) is 16.4. The monoisotopic (exact) mass is 402 g/mol. The highest BCUT2D eigenvalue weighted by atomic mass is 16.3. The van der Waals surface area contributed by atoms with E-state index in [-0.39, 0.29) is 5.75 Å². The Hall–Kier alpha value is -4.38. The van der Waals surface area contributed by atoms with E-state index >= 15 is 0 Å². The number of nitrogens with one attached hydrogen (secondary N) is 2. The predicted octanol–water partition coefficient (Wildman–Crippen LogP) is 5.78. The van der Waals surface area contributed by atoms with Crippen LogP contribution in [0.5, 0.6) is 5.75 Å². The summed E-state index contributed by atoms with van der Waals surface area (Å²) in [6, 6.07) is 23.5. The van der Waals surface area contributed by atoms with E-state index in [9.17, 15) is 5.11 Å². The average Bonchev–Trinajstić information content (AvgIpc) is 3.54. The predicted molar refractivity (Wildman–Crippen MR) is 125 cm³/mol. The van der Waals surface area contributed by atoms with Gasteiger partial charge >= 0.3 is 0 Å². The van der Waals surface area contributed by atoms with E-state index in [0.29, 0.717) is 0 Å². The molecule has 148 valence electrons. The van der Waals surface area contributed by atoms with E-state index in [1.54, 1.807) is 12.1 Å². The van der Waals surface area contributed by atoms with E-state index < -0.39 is 0 Å². The van der Waals surface area contributed by atoms with Crippen molar-refractivity contribution in [3.63, 3.8) is 0 Å². The van der Waals surface area contributed by atoms with Crippen molar-refractivity contribution in [3.8, 4) is 5.75 Å². The van der Waals surface area contributed by atoms with E-state index in [4.69, 9.17) is 4.98 Å². The third-order valence-corrected chi connectivity index (χ3v) is 5.34. The molecule has 8 bridgehead atoms. The van der Waals surface area contributed by atoms with Gasteiger partial charge < -0.3 is 15.1 Å². The van der Waals surface area contributed by atoms with Crippen molar-refractivity contribution in [1.29, 1.82) is 0 Å². The fourth-order valence-corrected chi connectivity index (χ4v) is 3.89. The van der Waals surface area contributed by atoms with Crippen LogP contribution < -0.4 is 0 Å². The van der Waals surface area contributed by atoms with Crippen molar-refractivity contribution in [2.24, 2.45) is 0 Å². The quantitative estimate of drug-likeness (QED) is 0.326. The minimum atomic E-state index is 0.245. The van der Waals surface area contributed by atoms with Crippen LogP contribution in [-0.4, -0.2) is 25.0 Å². The second-order valence-corrected chi connectivity index (χ2v) is 7.64. The molecule has 0 radical (unpaired) electrons. The molecule has 3 aromatic heterocycles. The number of hydrogen-bond donors (Lipinski definition) is 3. The summed E-state index contributed by atoms with van der Waals surface area (Å²) < 4.78 is 0. The maximum absolute atomic E-state index is 9.68. The van der Waals surface area contributed by atoms with Crippen molar-refractivity contribution >= 4 is 45.9 Å². The van der Waals surface area contributed by atoms with Crippen LogP contribution in [0.3, 0.4) is 0 Å². The van der Waals surface area contributed by atoms with Crippen LogP contribution in [0.25, 0.3) is 45.9 Å². The van der Waals surface area contributed by atoms with Gasteiger partial charge in [0.25, 0.3) is 0 Å². The van der Waals surface area contributed by atoms with Gasteiger partial charge in [0.2, 0.25) is 0 Å². The number of aromatic nitrogens is 4. The van der Waals surface area contributed by atoms with Crippen LogP contribution in [-0.2, 0) is 0 Å². The number of fused-ring (bicyclic) bond motifs is 8. The van der Waals surface area contributed by atoms with Gasteiger partial charge in [-0.15, -0.1) is 0 Å². The summed E-state index contributed by atoms with van der Waals surface area (Å²) in [6.07, 6.45) is 6.09. The van der Waals surface area contributed by atoms with Gasteiger partial charge in [0.15, 0.2) is 0 Å². The van der Waals surface area contributed by atoms with Gasteiger partial charge in [-0.25, -0.2) is 9.97 Å². The Morgan fingerprint density at radius 2 is 1.13 bits per heavy atom. The van der Waals surface area contributed by atoms with Crippen LogP contribution in [0.15, 0.2) is 72.8 Å². The van der Waals surface area contributed by atoms with Crippen molar-refractivity contribution in [2.75, 3.05) is 0 Å². The van der Waals surface area contributed by atoms with Crippen LogP contribution in [0.4, 0.5) is 0 Å². The number of rotatable bonds is 1. The first kappa shape index (κ1) is 17.5. The number of benzene rings is 1. The molecule has 0 aliphatic carbocycles. The third-order valence-electron chi connectivity index (χ3n) is 5.34. The zero-order valence-corrected chi connectivity index (χ0v) is 16.5. The number of hydrogen-bond acceptors (Lipinski definition) is 3. The van der Waals surface area contributed by atoms with Crippen molar-refractivity contribution in [2.45, 2.75) is 0 Å². The lowest BCUT2D eigenvalue weighted by molar-refractivity contribution is 0.475. The lowest BCUT2D eigenvalue weighted by Crippen LogP contribution is -1.84. The highest BCUT2D eigenvalue weighted by molar-refractivity contribution is 5.93. The van der Waals surface area contributed by atoms with Crippen molar-refractivity contribution in [1.82, 2.24) is 19.9 Å². The molecule has 1 aromatic carbocycles. The lowest BCUT2D eigenvalue weighted by atomic mass is 10.0. The lowest BCUT2D eigenvalue weighted by Gasteiger charge is -2.02. The SMILES string of the molecule is Oc1ccc(C2=Cc3cc4ccc(cc5nc(cc6ccc(cc2n3)[nH]6)C=C5)[nH]4)cc1. The van der Waals surface area contributed by atoms with Crippen LogP contribution in [0.1, 0.15) is 28.3 Å². The van der Waals surface area contributed by atoms with Gasteiger partial charge in [-0.1, -0.05) is 12.1 Å². The first-order valence-electron chi connectivity index (χ1n) is 10.1. The number of nitrogens with zero attached hydrogens (tertiary/aromatic N) is 2. The molecule has 0 atom stereocenters. The minimum absolute atomic E-state index is 0.245. The van der Waals surface area contributed by atoms with Gasteiger partial charge in [0, 0.05) is 27.6 Å². The number of phenols is 1. The second kappa shape index (κ2) is 6.85. The normalized spacial score (nSPS) is 12.7. The molecule has 0 saturated heterocycles. The second-order valence-electron chi connectivity index (χ2n) is 7.64. The summed E-state index contributed by atoms with van der Waals surface area (Å²) in [5, 5.41) is 9.68. The summed E-state index contributed by atoms with van der Waals surface area (Å²) in [5.41, 5.74) is 9.46. The summed E-state index contributed by atoms with van der Waals surface area (Å²) >= 11 is 0. The molecule has 0 fully saturated rings. The van der Waals surface area contributed by atoms with Crippen LogP contribution in [0.2, 0.25) is 0 Å². The summed E-state index contributed by atoms with van der Waals surface area (Å²) in [6.45, 7) is 0. The van der Waals surface area contributed by atoms with E-state index in [1.165, 1.54) is 0 Å². The molecule has 2 aliphatic rings. The molecule has 6 rings (SSSR count). The van der Waals surface area contributed by atoms with Gasteiger partial charge in [-0.05, 0) is 84.5 Å². The minimum Gasteiger partial charge on any atom is -0.508 e. The maximum atomic E-state index is 9.68. The zero-order chi connectivity index (χ0) is 20.8. The average molecular weight is 402 g/mol. The van der Waals surface area contributed by atoms with E-state index in [2.05, 4.69) is 21.0 Å². The Kier molecular flexibility index (Phi) is 3.86. The van der Waals surface area contributed by atoms with Gasteiger partial charge in [-0.2, -0.15) is 0 Å². The molecule has 5 heteroatoms. The highest BCUT2D eigenvalue weighted by Gasteiger charge is 2.13. The third kappa shape index (κ3) is 3.42. The van der Waals surface area contributed by atoms with Crippen molar-refractivity contribution in [3.05, 3.63) is 101 Å². The fraction of sp³-hybridized carbons (Fsp3) is 0. The molecule has 3 N–H and O–H groups in total. The Balaban J connectivity index is 1.63. The summed E-state index contributed by atoms with van der Waals surface area (Å²) in [5.74, 6) is 0.245. The molecule has 0 saturated carbocycles. The largest absolute Gasteiger partial charge is 0.508 e. The topological polar surface area (TPSA) is 77.6 Å². The number of aromatic amines is 2. The molecule has 4 aromatic rings. The molecule has 0 spiro atoms. The molecule has 5 heterocycles. The fourth-order valence-electron chi connectivity index (χ4n) is 3.89. The van der Waals surface area contributed by atoms with Crippen LogP contribution >= 0.6 is 0 Å². The molecular weight excluding hydrogens is 384 g/mol.